The van der Waals surface area contributed by atoms with E-state index in [0.717, 1.165) is 30.0 Å². The lowest BCUT2D eigenvalue weighted by molar-refractivity contribution is 0.183. The highest BCUT2D eigenvalue weighted by Crippen LogP contribution is 2.23. The zero-order chi connectivity index (χ0) is 15.4. The van der Waals surface area contributed by atoms with Gasteiger partial charge in [0.25, 0.3) is 0 Å². The Hall–Kier alpha value is -2.47. The molecule has 0 atom stereocenters. The van der Waals surface area contributed by atoms with Crippen LogP contribution in [0.2, 0.25) is 0 Å². The maximum absolute atomic E-state index is 5.22. The van der Waals surface area contributed by atoms with Gasteiger partial charge in [-0.15, -0.1) is 0 Å². The number of benzene rings is 1. The summed E-state index contributed by atoms with van der Waals surface area (Å²) in [6.07, 6.45) is 1.71. The van der Waals surface area contributed by atoms with E-state index in [1.165, 1.54) is 5.56 Å². The maximum atomic E-state index is 5.22. The van der Waals surface area contributed by atoms with Crippen molar-refractivity contribution in [1.29, 1.82) is 0 Å². The van der Waals surface area contributed by atoms with Crippen LogP contribution in [0, 0.1) is 6.92 Å². The van der Waals surface area contributed by atoms with Crippen molar-refractivity contribution in [2.75, 3.05) is 7.11 Å². The van der Waals surface area contributed by atoms with Crippen LogP contribution < -0.4 is 0 Å². The van der Waals surface area contributed by atoms with E-state index >= 15 is 0 Å². The molecule has 0 aliphatic carbocycles. The minimum Gasteiger partial charge on any atom is -0.380 e. The molecule has 3 aromatic rings. The summed E-state index contributed by atoms with van der Waals surface area (Å²) in [5.74, 6) is 2.11. The molecule has 114 valence electrons. The molecule has 0 unspecified atom stereocenters. The van der Waals surface area contributed by atoms with Crippen LogP contribution in [0.4, 0.5) is 0 Å². The van der Waals surface area contributed by atoms with Gasteiger partial charge in [-0.05, 0) is 18.9 Å². The first-order valence-corrected chi connectivity index (χ1v) is 7.17. The van der Waals surface area contributed by atoms with Gasteiger partial charge in [-0.1, -0.05) is 35.5 Å². The first kappa shape index (κ1) is 14.5. The van der Waals surface area contributed by atoms with E-state index in [9.17, 15) is 0 Å². The average Bonchev–Trinajstić information content (AvgIpc) is 3.14. The number of nitrogens with zero attached hydrogens (tertiary/aromatic N) is 3. The molecular formula is C16H18N4O2. The molecule has 2 heterocycles. The third-order valence-corrected chi connectivity index (χ3v) is 3.51. The number of hydrogen-bond donors (Lipinski definition) is 1. The van der Waals surface area contributed by atoms with Crippen LogP contribution in [0.15, 0.2) is 34.9 Å². The quantitative estimate of drug-likeness (QED) is 0.757. The predicted molar refractivity (Wildman–Crippen MR) is 81.2 cm³/mol. The molecule has 22 heavy (non-hydrogen) atoms. The molecule has 6 nitrogen and oxygen atoms in total. The maximum Gasteiger partial charge on any atom is 0.203 e. The highest BCUT2D eigenvalue weighted by Gasteiger charge is 2.18. The third kappa shape index (κ3) is 3.07. The summed E-state index contributed by atoms with van der Waals surface area (Å²) < 4.78 is 10.4. The van der Waals surface area contributed by atoms with Gasteiger partial charge in [0.05, 0.1) is 12.2 Å². The van der Waals surface area contributed by atoms with Gasteiger partial charge in [-0.2, -0.15) is 5.10 Å². The lowest BCUT2D eigenvalue weighted by Crippen LogP contribution is -1.94. The standard InChI is InChI=1S/C16H18N4O2/c1-11-13(10-21-2)15(20-22-11)16-17-14(18-19-16)9-8-12-6-4-3-5-7-12/h3-7H,8-10H2,1-2H3,(H,17,18,19). The van der Waals surface area contributed by atoms with Gasteiger partial charge in [0.2, 0.25) is 5.82 Å². The molecular weight excluding hydrogens is 280 g/mol. The lowest BCUT2D eigenvalue weighted by Gasteiger charge is -1.98. The summed E-state index contributed by atoms with van der Waals surface area (Å²) >= 11 is 0. The summed E-state index contributed by atoms with van der Waals surface area (Å²) in [4.78, 5) is 4.51. The second kappa shape index (κ2) is 6.53. The summed E-state index contributed by atoms with van der Waals surface area (Å²) in [5, 5.41) is 11.2. The normalized spacial score (nSPS) is 11.0. The van der Waals surface area contributed by atoms with Gasteiger partial charge < -0.3 is 9.26 Å². The van der Waals surface area contributed by atoms with E-state index in [1.54, 1.807) is 7.11 Å². The van der Waals surface area contributed by atoms with Gasteiger partial charge in [0, 0.05) is 13.5 Å². The number of aromatic nitrogens is 4. The Kier molecular flexibility index (Phi) is 4.29. The number of methoxy groups -OCH3 is 1. The number of hydrogen-bond acceptors (Lipinski definition) is 5. The Labute approximate surface area is 128 Å². The fourth-order valence-corrected chi connectivity index (χ4v) is 2.30. The Balaban J connectivity index is 1.74. The number of ether oxygens (including phenoxy) is 1. The topological polar surface area (TPSA) is 76.8 Å². The highest BCUT2D eigenvalue weighted by molar-refractivity contribution is 5.54. The van der Waals surface area contributed by atoms with Crippen molar-refractivity contribution in [2.24, 2.45) is 0 Å². The van der Waals surface area contributed by atoms with E-state index < -0.39 is 0 Å². The van der Waals surface area contributed by atoms with Crippen molar-refractivity contribution < 1.29 is 9.26 Å². The zero-order valence-corrected chi connectivity index (χ0v) is 12.7. The molecule has 0 bridgehead atoms. The van der Waals surface area contributed by atoms with Crippen molar-refractivity contribution in [2.45, 2.75) is 26.4 Å². The Morgan fingerprint density at radius 1 is 1.18 bits per heavy atom. The molecule has 0 saturated carbocycles. The Morgan fingerprint density at radius 3 is 2.77 bits per heavy atom. The molecule has 2 aromatic heterocycles. The molecule has 0 radical (unpaired) electrons. The van der Waals surface area contributed by atoms with Crippen molar-refractivity contribution in [3.63, 3.8) is 0 Å². The van der Waals surface area contributed by atoms with Crippen LogP contribution in [0.25, 0.3) is 11.5 Å². The smallest absolute Gasteiger partial charge is 0.203 e. The van der Waals surface area contributed by atoms with E-state index in [-0.39, 0.29) is 0 Å². The van der Waals surface area contributed by atoms with E-state index in [0.29, 0.717) is 18.1 Å². The van der Waals surface area contributed by atoms with Gasteiger partial charge in [-0.25, -0.2) is 4.98 Å². The molecule has 0 aliphatic heterocycles. The van der Waals surface area contributed by atoms with Crippen molar-refractivity contribution in [3.8, 4) is 11.5 Å². The molecule has 0 aliphatic rings. The van der Waals surface area contributed by atoms with Crippen molar-refractivity contribution in [1.82, 2.24) is 20.3 Å². The minimum atomic E-state index is 0.429. The first-order valence-electron chi connectivity index (χ1n) is 7.17. The van der Waals surface area contributed by atoms with Crippen molar-refractivity contribution in [3.05, 3.63) is 53.0 Å². The van der Waals surface area contributed by atoms with E-state index in [4.69, 9.17) is 9.26 Å². The minimum absolute atomic E-state index is 0.429. The van der Waals surface area contributed by atoms with Gasteiger partial charge in [0.1, 0.15) is 11.6 Å². The van der Waals surface area contributed by atoms with Crippen LogP contribution in [0.3, 0.4) is 0 Å². The monoisotopic (exact) mass is 298 g/mol. The lowest BCUT2D eigenvalue weighted by atomic mass is 10.1. The summed E-state index contributed by atoms with van der Waals surface area (Å²) in [6, 6.07) is 10.3. The number of aromatic amines is 1. The van der Waals surface area contributed by atoms with Crippen LogP contribution in [0.5, 0.6) is 0 Å². The van der Waals surface area contributed by atoms with Crippen LogP contribution in [0.1, 0.15) is 22.7 Å². The zero-order valence-electron chi connectivity index (χ0n) is 12.7. The molecule has 0 spiro atoms. The molecule has 1 N–H and O–H groups in total. The molecule has 3 rings (SSSR count). The molecule has 0 saturated heterocycles. The van der Waals surface area contributed by atoms with Crippen LogP contribution >= 0.6 is 0 Å². The van der Waals surface area contributed by atoms with Gasteiger partial charge in [-0.3, -0.25) is 5.10 Å². The Bertz CT molecular complexity index is 734. The second-order valence-corrected chi connectivity index (χ2v) is 5.09. The SMILES string of the molecule is COCc1c(-c2n[nH]c(CCc3ccccc3)n2)noc1C. The van der Waals surface area contributed by atoms with E-state index in [1.807, 2.05) is 25.1 Å². The summed E-state index contributed by atoms with van der Waals surface area (Å²) in [7, 11) is 1.64. The average molecular weight is 298 g/mol. The molecule has 6 heteroatoms. The molecule has 0 fully saturated rings. The molecule has 0 amide bonds. The third-order valence-electron chi connectivity index (χ3n) is 3.51. The van der Waals surface area contributed by atoms with Gasteiger partial charge >= 0.3 is 0 Å². The predicted octanol–water partition coefficient (Wildman–Crippen LogP) is 2.70. The highest BCUT2D eigenvalue weighted by atomic mass is 16.5. The van der Waals surface area contributed by atoms with E-state index in [2.05, 4.69) is 32.5 Å². The summed E-state index contributed by atoms with van der Waals surface area (Å²) in [6.45, 7) is 2.28. The largest absolute Gasteiger partial charge is 0.380 e. The van der Waals surface area contributed by atoms with Crippen LogP contribution in [-0.4, -0.2) is 27.4 Å². The number of H-pyrrole nitrogens is 1. The fourth-order valence-electron chi connectivity index (χ4n) is 2.30. The molecule has 1 aromatic carbocycles. The van der Waals surface area contributed by atoms with Crippen LogP contribution in [-0.2, 0) is 24.2 Å². The Morgan fingerprint density at radius 2 is 2.00 bits per heavy atom. The number of rotatable bonds is 6. The fraction of sp³-hybridized carbons (Fsp3) is 0.312. The first-order chi connectivity index (χ1) is 10.8. The number of nitrogens with one attached hydrogen (secondary N) is 1. The number of aryl methyl sites for hydroxylation is 3. The van der Waals surface area contributed by atoms with Gasteiger partial charge in [0.15, 0.2) is 5.69 Å². The summed E-state index contributed by atoms with van der Waals surface area (Å²) in [5.41, 5.74) is 2.80. The van der Waals surface area contributed by atoms with Crippen molar-refractivity contribution >= 4 is 0 Å². The second-order valence-electron chi connectivity index (χ2n) is 5.09.